The van der Waals surface area contributed by atoms with Crippen molar-refractivity contribution >= 4 is 33.3 Å². The standard InChI is InChI=1S/C18H20N2O2S2/c1-11(2)12-4-6-13(7-5-12)14-10-24-17-15(14)16(21)19-18(20-17)23-9-8-22-3/h4-7,10-11H,8-9H2,1-3H3,(H,19,20,21). The monoisotopic (exact) mass is 360 g/mol. The van der Waals surface area contributed by atoms with E-state index in [1.165, 1.54) is 28.7 Å². The molecular formula is C18H20N2O2S2. The predicted octanol–water partition coefficient (Wildman–Crippen LogP) is 4.51. The second-order valence-electron chi connectivity index (χ2n) is 5.82. The maximum atomic E-state index is 12.5. The van der Waals surface area contributed by atoms with Crippen LogP contribution in [0.4, 0.5) is 0 Å². The van der Waals surface area contributed by atoms with Crippen LogP contribution in [-0.4, -0.2) is 29.4 Å². The van der Waals surface area contributed by atoms with Crippen molar-refractivity contribution < 1.29 is 4.74 Å². The number of thioether (sulfide) groups is 1. The summed E-state index contributed by atoms with van der Waals surface area (Å²) in [6.07, 6.45) is 0. The number of rotatable bonds is 6. The molecule has 2 heterocycles. The molecule has 1 N–H and O–H groups in total. The van der Waals surface area contributed by atoms with Crippen LogP contribution in [0.2, 0.25) is 0 Å². The van der Waals surface area contributed by atoms with Gasteiger partial charge in [0.15, 0.2) is 5.16 Å². The maximum Gasteiger partial charge on any atom is 0.260 e. The fourth-order valence-corrected chi connectivity index (χ4v) is 4.25. The maximum absolute atomic E-state index is 12.5. The molecule has 0 amide bonds. The first kappa shape index (κ1) is 17.2. The van der Waals surface area contributed by atoms with Crippen molar-refractivity contribution in [3.63, 3.8) is 0 Å². The minimum atomic E-state index is -0.0795. The van der Waals surface area contributed by atoms with Gasteiger partial charge in [-0.3, -0.25) is 4.79 Å². The summed E-state index contributed by atoms with van der Waals surface area (Å²) < 4.78 is 5.03. The van der Waals surface area contributed by atoms with Gasteiger partial charge in [-0.1, -0.05) is 49.9 Å². The summed E-state index contributed by atoms with van der Waals surface area (Å²) >= 11 is 3.01. The zero-order valence-corrected chi connectivity index (χ0v) is 15.6. The molecule has 3 rings (SSSR count). The molecule has 0 saturated carbocycles. The van der Waals surface area contributed by atoms with Gasteiger partial charge >= 0.3 is 0 Å². The van der Waals surface area contributed by atoms with E-state index in [2.05, 4.69) is 48.1 Å². The highest BCUT2D eigenvalue weighted by atomic mass is 32.2. The summed E-state index contributed by atoms with van der Waals surface area (Å²) in [6.45, 7) is 4.98. The van der Waals surface area contributed by atoms with Gasteiger partial charge < -0.3 is 9.72 Å². The Bertz CT molecular complexity index is 882. The molecule has 0 atom stereocenters. The van der Waals surface area contributed by atoms with Crippen LogP contribution in [0.1, 0.15) is 25.3 Å². The highest BCUT2D eigenvalue weighted by Gasteiger charge is 2.13. The van der Waals surface area contributed by atoms with Gasteiger partial charge in [0.2, 0.25) is 0 Å². The Morgan fingerprint density at radius 3 is 2.71 bits per heavy atom. The number of H-pyrrole nitrogens is 1. The van der Waals surface area contributed by atoms with E-state index in [-0.39, 0.29) is 5.56 Å². The average Bonchev–Trinajstić information content (AvgIpc) is 3.00. The van der Waals surface area contributed by atoms with Gasteiger partial charge in [0.1, 0.15) is 4.83 Å². The smallest absolute Gasteiger partial charge is 0.260 e. The van der Waals surface area contributed by atoms with Crippen molar-refractivity contribution in [3.8, 4) is 11.1 Å². The summed E-state index contributed by atoms with van der Waals surface area (Å²) in [6, 6.07) is 8.41. The molecule has 0 bridgehead atoms. The molecule has 0 saturated heterocycles. The summed E-state index contributed by atoms with van der Waals surface area (Å²) in [7, 11) is 1.66. The second kappa shape index (κ2) is 7.51. The normalized spacial score (nSPS) is 11.5. The zero-order valence-electron chi connectivity index (χ0n) is 14.0. The van der Waals surface area contributed by atoms with E-state index in [9.17, 15) is 4.79 Å². The third-order valence-corrected chi connectivity index (χ3v) is 5.55. The molecule has 0 unspecified atom stereocenters. The molecule has 0 aliphatic carbocycles. The van der Waals surface area contributed by atoms with Crippen LogP contribution in [0.3, 0.4) is 0 Å². The van der Waals surface area contributed by atoms with Crippen LogP contribution in [0.25, 0.3) is 21.3 Å². The van der Waals surface area contributed by atoms with Gasteiger partial charge in [-0.15, -0.1) is 11.3 Å². The molecule has 0 aliphatic rings. The Kier molecular flexibility index (Phi) is 5.38. The third kappa shape index (κ3) is 3.55. The van der Waals surface area contributed by atoms with Gasteiger partial charge in [0, 0.05) is 23.8 Å². The van der Waals surface area contributed by atoms with Gasteiger partial charge in [0.05, 0.1) is 12.0 Å². The van der Waals surface area contributed by atoms with Crippen molar-refractivity contribution in [3.05, 3.63) is 45.6 Å². The number of aromatic amines is 1. The Hall–Kier alpha value is -1.63. The van der Waals surface area contributed by atoms with Crippen LogP contribution in [0.5, 0.6) is 0 Å². The fraction of sp³-hybridized carbons (Fsp3) is 0.333. The first-order chi connectivity index (χ1) is 11.6. The first-order valence-electron chi connectivity index (χ1n) is 7.83. The number of hydrogen-bond donors (Lipinski definition) is 1. The van der Waals surface area contributed by atoms with Crippen molar-refractivity contribution in [2.45, 2.75) is 24.9 Å². The molecule has 0 aliphatic heterocycles. The molecule has 1 aromatic carbocycles. The van der Waals surface area contributed by atoms with E-state index in [1.54, 1.807) is 7.11 Å². The molecular weight excluding hydrogens is 340 g/mol. The molecule has 2 aromatic heterocycles. The second-order valence-corrected chi connectivity index (χ2v) is 7.76. The Morgan fingerprint density at radius 2 is 2.04 bits per heavy atom. The lowest BCUT2D eigenvalue weighted by Gasteiger charge is -2.06. The number of thiophene rings is 1. The molecule has 6 heteroatoms. The van der Waals surface area contributed by atoms with E-state index in [1.807, 2.05) is 5.38 Å². The summed E-state index contributed by atoms with van der Waals surface area (Å²) in [5, 5.41) is 3.34. The lowest BCUT2D eigenvalue weighted by Crippen LogP contribution is -2.09. The molecule has 0 fully saturated rings. The lowest BCUT2D eigenvalue weighted by molar-refractivity contribution is 0.218. The third-order valence-electron chi connectivity index (χ3n) is 3.84. The number of fused-ring (bicyclic) bond motifs is 1. The highest BCUT2D eigenvalue weighted by molar-refractivity contribution is 7.99. The van der Waals surface area contributed by atoms with Crippen molar-refractivity contribution in [1.29, 1.82) is 0 Å². The number of nitrogens with one attached hydrogen (secondary N) is 1. The number of methoxy groups -OCH3 is 1. The van der Waals surface area contributed by atoms with Crippen LogP contribution >= 0.6 is 23.1 Å². The van der Waals surface area contributed by atoms with E-state index in [4.69, 9.17) is 4.74 Å². The molecule has 126 valence electrons. The van der Waals surface area contributed by atoms with Gasteiger partial charge in [-0.2, -0.15) is 0 Å². The number of benzene rings is 1. The molecule has 0 radical (unpaired) electrons. The summed E-state index contributed by atoms with van der Waals surface area (Å²) in [4.78, 5) is 20.8. The van der Waals surface area contributed by atoms with Gasteiger partial charge in [-0.25, -0.2) is 4.98 Å². The minimum absolute atomic E-state index is 0.0795. The summed E-state index contributed by atoms with van der Waals surface area (Å²) in [5.74, 6) is 1.26. The van der Waals surface area contributed by atoms with Gasteiger partial charge in [0.25, 0.3) is 5.56 Å². The van der Waals surface area contributed by atoms with E-state index >= 15 is 0 Å². The zero-order chi connectivity index (χ0) is 17.1. The molecule has 24 heavy (non-hydrogen) atoms. The first-order valence-corrected chi connectivity index (χ1v) is 9.70. The summed E-state index contributed by atoms with van der Waals surface area (Å²) in [5.41, 5.74) is 3.22. The number of nitrogens with zero attached hydrogens (tertiary/aromatic N) is 1. The molecule has 4 nitrogen and oxygen atoms in total. The quantitative estimate of drug-likeness (QED) is 0.399. The number of ether oxygens (including phenoxy) is 1. The van der Waals surface area contributed by atoms with Crippen molar-refractivity contribution in [1.82, 2.24) is 9.97 Å². The average molecular weight is 361 g/mol. The SMILES string of the molecule is COCCSc1nc2scc(-c3ccc(C(C)C)cc3)c2c(=O)[nH]1. The molecule has 0 spiro atoms. The minimum Gasteiger partial charge on any atom is -0.384 e. The van der Waals surface area contributed by atoms with Crippen molar-refractivity contribution in [2.24, 2.45) is 0 Å². The topological polar surface area (TPSA) is 55.0 Å². The number of hydrogen-bond acceptors (Lipinski definition) is 5. The van der Waals surface area contributed by atoms with Crippen LogP contribution < -0.4 is 5.56 Å². The Balaban J connectivity index is 1.96. The van der Waals surface area contributed by atoms with Crippen LogP contribution in [0.15, 0.2) is 39.6 Å². The Morgan fingerprint density at radius 1 is 1.29 bits per heavy atom. The van der Waals surface area contributed by atoms with E-state index in [0.29, 0.717) is 23.1 Å². The van der Waals surface area contributed by atoms with Crippen molar-refractivity contribution in [2.75, 3.05) is 19.5 Å². The predicted molar refractivity (Wildman–Crippen MR) is 102 cm³/mol. The number of aromatic nitrogens is 2. The van der Waals surface area contributed by atoms with Crippen LogP contribution in [-0.2, 0) is 4.74 Å². The fourth-order valence-electron chi connectivity index (χ4n) is 2.48. The highest BCUT2D eigenvalue weighted by Crippen LogP contribution is 2.32. The lowest BCUT2D eigenvalue weighted by atomic mass is 9.99. The van der Waals surface area contributed by atoms with E-state index < -0.39 is 0 Å². The van der Waals surface area contributed by atoms with Gasteiger partial charge in [-0.05, 0) is 17.0 Å². The Labute approximate surface area is 149 Å². The largest absolute Gasteiger partial charge is 0.384 e. The molecule has 3 aromatic rings. The van der Waals surface area contributed by atoms with E-state index in [0.717, 1.165) is 21.7 Å². The van der Waals surface area contributed by atoms with Crippen LogP contribution in [0, 0.1) is 0 Å².